The molecule has 0 radical (unpaired) electrons. The maximum atomic E-state index is 13.3. The van der Waals surface area contributed by atoms with E-state index in [1.54, 1.807) is 19.2 Å². The van der Waals surface area contributed by atoms with Gasteiger partial charge in [-0.2, -0.15) is 0 Å². The number of hydrogen-bond donors (Lipinski definition) is 1. The number of rotatable bonds is 2. The number of ether oxygens (including phenoxy) is 1. The van der Waals surface area contributed by atoms with Crippen LogP contribution in [0.1, 0.15) is 17.4 Å². The van der Waals surface area contributed by atoms with Gasteiger partial charge >= 0.3 is 5.69 Å². The molecule has 0 bridgehead atoms. The zero-order valence-electron chi connectivity index (χ0n) is 17.0. The van der Waals surface area contributed by atoms with E-state index in [1.807, 2.05) is 34.9 Å². The highest BCUT2D eigenvalue weighted by molar-refractivity contribution is 6.30. The van der Waals surface area contributed by atoms with E-state index in [-0.39, 0.29) is 11.3 Å². The van der Waals surface area contributed by atoms with Crippen molar-refractivity contribution in [3.63, 3.8) is 0 Å². The van der Waals surface area contributed by atoms with Gasteiger partial charge in [0, 0.05) is 31.2 Å². The molecule has 2 aromatic heterocycles. The topological polar surface area (TPSA) is 78.4 Å². The standard InChI is InChI=1S/C23H20ClN3O4/c1-25-19-17(22(29)26(2)23(25)30)18(13-6-4-3-5-7-13)27-10-11-31-21(20(19)27)15-12-14(24)8-9-16(15)28/h3-9,12,21,28H,10-11H2,1-2H3/t21-/m0/s1. The SMILES string of the molecule is Cn1c(=O)c2c(-c3ccccc3)n3c(c2n(C)c1=O)[C@H](c1cc(Cl)ccc1O)OCC3. The Hall–Kier alpha value is -3.29. The summed E-state index contributed by atoms with van der Waals surface area (Å²) in [6.45, 7) is 0.877. The summed E-state index contributed by atoms with van der Waals surface area (Å²) >= 11 is 6.20. The van der Waals surface area contributed by atoms with E-state index in [2.05, 4.69) is 0 Å². The van der Waals surface area contributed by atoms with Crippen molar-refractivity contribution < 1.29 is 9.84 Å². The Morgan fingerprint density at radius 1 is 1.06 bits per heavy atom. The van der Waals surface area contributed by atoms with Crippen LogP contribution in [0, 0.1) is 0 Å². The van der Waals surface area contributed by atoms with Gasteiger partial charge in [-0.3, -0.25) is 13.9 Å². The zero-order chi connectivity index (χ0) is 21.9. The van der Waals surface area contributed by atoms with Gasteiger partial charge in [0.25, 0.3) is 5.56 Å². The number of phenols is 1. The summed E-state index contributed by atoms with van der Waals surface area (Å²) in [5.74, 6) is 0.0345. The molecule has 7 nitrogen and oxygen atoms in total. The fraction of sp³-hybridized carbons (Fsp3) is 0.217. The van der Waals surface area contributed by atoms with Crippen molar-refractivity contribution in [1.29, 1.82) is 0 Å². The second-order valence-electron chi connectivity index (χ2n) is 7.63. The highest BCUT2D eigenvalue weighted by atomic mass is 35.5. The molecule has 31 heavy (non-hydrogen) atoms. The highest BCUT2D eigenvalue weighted by Gasteiger charge is 2.34. The summed E-state index contributed by atoms with van der Waals surface area (Å²) in [5, 5.41) is 11.5. The molecule has 3 heterocycles. The molecule has 1 aliphatic heterocycles. The third kappa shape index (κ3) is 2.85. The fourth-order valence-electron chi connectivity index (χ4n) is 4.45. The Balaban J connectivity index is 1.97. The minimum absolute atomic E-state index is 0.0345. The Kier molecular flexibility index (Phi) is 4.53. The largest absolute Gasteiger partial charge is 0.508 e. The second-order valence-corrected chi connectivity index (χ2v) is 8.07. The molecule has 1 atom stereocenters. The van der Waals surface area contributed by atoms with Crippen molar-refractivity contribution in [1.82, 2.24) is 13.7 Å². The van der Waals surface area contributed by atoms with Crippen LogP contribution in [0.5, 0.6) is 5.75 Å². The smallest absolute Gasteiger partial charge is 0.331 e. The summed E-state index contributed by atoms with van der Waals surface area (Å²) < 4.78 is 10.7. The van der Waals surface area contributed by atoms with Crippen LogP contribution in [0.4, 0.5) is 0 Å². The molecule has 0 unspecified atom stereocenters. The van der Waals surface area contributed by atoms with Gasteiger partial charge in [-0.05, 0) is 23.8 Å². The van der Waals surface area contributed by atoms with Crippen LogP contribution in [0.3, 0.4) is 0 Å². The highest BCUT2D eigenvalue weighted by Crippen LogP contribution is 2.43. The number of benzene rings is 2. The van der Waals surface area contributed by atoms with Crippen molar-refractivity contribution in [2.45, 2.75) is 12.6 Å². The predicted molar refractivity (Wildman–Crippen MR) is 119 cm³/mol. The maximum absolute atomic E-state index is 13.3. The summed E-state index contributed by atoms with van der Waals surface area (Å²) in [6, 6.07) is 14.4. The van der Waals surface area contributed by atoms with E-state index in [0.29, 0.717) is 40.3 Å². The number of hydrogen-bond acceptors (Lipinski definition) is 4. The monoisotopic (exact) mass is 437 g/mol. The molecule has 0 amide bonds. The normalized spacial score (nSPS) is 15.9. The number of aromatic hydroxyl groups is 1. The quantitative estimate of drug-likeness (QED) is 0.522. The Morgan fingerprint density at radius 3 is 2.55 bits per heavy atom. The van der Waals surface area contributed by atoms with Gasteiger partial charge in [0.05, 0.1) is 28.9 Å². The van der Waals surface area contributed by atoms with E-state index >= 15 is 0 Å². The summed E-state index contributed by atoms with van der Waals surface area (Å²) in [6.07, 6.45) is -0.690. The Labute approximate surface area is 182 Å². The fourth-order valence-corrected chi connectivity index (χ4v) is 4.63. The lowest BCUT2D eigenvalue weighted by atomic mass is 10.0. The van der Waals surface area contributed by atoms with Crippen molar-refractivity contribution in [3.05, 3.63) is 85.6 Å². The minimum atomic E-state index is -0.690. The minimum Gasteiger partial charge on any atom is -0.508 e. The van der Waals surface area contributed by atoms with E-state index in [0.717, 1.165) is 15.8 Å². The van der Waals surface area contributed by atoms with E-state index in [4.69, 9.17) is 16.3 Å². The number of fused-ring (bicyclic) bond motifs is 3. The van der Waals surface area contributed by atoms with Gasteiger partial charge in [0.2, 0.25) is 0 Å². The molecular formula is C23H20ClN3O4. The molecule has 1 N–H and O–H groups in total. The lowest BCUT2D eigenvalue weighted by Gasteiger charge is -2.28. The van der Waals surface area contributed by atoms with Gasteiger partial charge in [-0.15, -0.1) is 0 Å². The molecule has 8 heteroatoms. The summed E-state index contributed by atoms with van der Waals surface area (Å²) in [7, 11) is 3.12. The lowest BCUT2D eigenvalue weighted by Crippen LogP contribution is -2.37. The molecule has 0 spiro atoms. The molecule has 4 aromatic rings. The van der Waals surface area contributed by atoms with E-state index < -0.39 is 11.8 Å². The molecule has 2 aromatic carbocycles. The summed E-state index contributed by atoms with van der Waals surface area (Å²) in [5.41, 5.74) is 2.44. The van der Waals surface area contributed by atoms with E-state index in [9.17, 15) is 14.7 Å². The van der Waals surface area contributed by atoms with Gasteiger partial charge in [0.1, 0.15) is 11.9 Å². The van der Waals surface area contributed by atoms with Crippen LogP contribution >= 0.6 is 11.6 Å². The average Bonchev–Trinajstić information content (AvgIpc) is 3.14. The first-order valence-corrected chi connectivity index (χ1v) is 10.3. The first kappa shape index (κ1) is 19.7. The molecule has 158 valence electrons. The number of aromatic nitrogens is 3. The summed E-state index contributed by atoms with van der Waals surface area (Å²) in [4.78, 5) is 26.1. The number of nitrogens with zero attached hydrogens (tertiary/aromatic N) is 3. The average molecular weight is 438 g/mol. The Morgan fingerprint density at radius 2 is 1.81 bits per heavy atom. The van der Waals surface area contributed by atoms with Crippen LogP contribution in [0.2, 0.25) is 5.02 Å². The first-order valence-electron chi connectivity index (χ1n) is 9.87. The Bertz CT molecular complexity index is 1450. The van der Waals surface area contributed by atoms with Gasteiger partial charge in [-0.1, -0.05) is 41.9 Å². The lowest BCUT2D eigenvalue weighted by molar-refractivity contribution is 0.0464. The molecule has 5 rings (SSSR count). The number of phenolic OH excluding ortho intramolecular Hbond substituents is 1. The predicted octanol–water partition coefficient (Wildman–Crippen LogP) is 3.18. The van der Waals surface area contributed by atoms with E-state index in [1.165, 1.54) is 17.7 Å². The molecule has 0 saturated heterocycles. The zero-order valence-corrected chi connectivity index (χ0v) is 17.8. The van der Waals surface area contributed by atoms with Crippen LogP contribution < -0.4 is 11.2 Å². The van der Waals surface area contributed by atoms with Gasteiger partial charge in [-0.25, -0.2) is 4.79 Å². The van der Waals surface area contributed by atoms with Gasteiger partial charge in [0.15, 0.2) is 0 Å². The van der Waals surface area contributed by atoms with Crippen LogP contribution in [-0.4, -0.2) is 25.4 Å². The molecule has 1 aliphatic rings. The second kappa shape index (κ2) is 7.14. The molecule has 0 fully saturated rings. The molecule has 0 aliphatic carbocycles. The van der Waals surface area contributed by atoms with Crippen LogP contribution in [0.15, 0.2) is 58.1 Å². The van der Waals surface area contributed by atoms with Gasteiger partial charge < -0.3 is 14.4 Å². The van der Waals surface area contributed by atoms with Crippen molar-refractivity contribution >= 4 is 22.5 Å². The van der Waals surface area contributed by atoms with Crippen LogP contribution in [0.25, 0.3) is 22.2 Å². The number of aryl methyl sites for hydroxylation is 1. The van der Waals surface area contributed by atoms with Crippen molar-refractivity contribution in [2.75, 3.05) is 6.61 Å². The van der Waals surface area contributed by atoms with Crippen LogP contribution in [-0.2, 0) is 25.4 Å². The maximum Gasteiger partial charge on any atom is 0.331 e. The third-order valence-corrected chi connectivity index (χ3v) is 6.11. The third-order valence-electron chi connectivity index (χ3n) is 5.87. The first-order chi connectivity index (χ1) is 14.9. The molecule has 0 saturated carbocycles. The van der Waals surface area contributed by atoms with Crippen molar-refractivity contribution in [3.8, 4) is 17.0 Å². The molecular weight excluding hydrogens is 418 g/mol. The van der Waals surface area contributed by atoms with Crippen molar-refractivity contribution in [2.24, 2.45) is 14.1 Å². The number of halogens is 1.